The maximum absolute atomic E-state index is 12.7. The highest BCUT2D eigenvalue weighted by Gasteiger charge is 2.47. The van der Waals surface area contributed by atoms with Crippen molar-refractivity contribution in [2.24, 2.45) is 11.8 Å². The van der Waals surface area contributed by atoms with Crippen LogP contribution in [-0.4, -0.2) is 47.0 Å². The molecule has 3 heterocycles. The second kappa shape index (κ2) is 5.94. The first-order valence-electron chi connectivity index (χ1n) is 9.70. The van der Waals surface area contributed by atoms with Gasteiger partial charge in [-0.2, -0.15) is 0 Å². The maximum atomic E-state index is 12.7. The van der Waals surface area contributed by atoms with Crippen molar-refractivity contribution in [3.8, 4) is 0 Å². The number of aromatic nitrogens is 2. The number of ether oxygens (including phenoxy) is 1. The first-order valence-corrected chi connectivity index (χ1v) is 9.70. The topological polar surface area (TPSA) is 67.4 Å². The van der Waals surface area contributed by atoms with Gasteiger partial charge in [0.1, 0.15) is 0 Å². The van der Waals surface area contributed by atoms with Gasteiger partial charge in [0.2, 0.25) is 11.9 Å². The van der Waals surface area contributed by atoms with Gasteiger partial charge in [-0.15, -0.1) is 0 Å². The monoisotopic (exact) mass is 342 g/mol. The second-order valence-corrected chi connectivity index (χ2v) is 8.30. The quantitative estimate of drug-likeness (QED) is 0.908. The molecular formula is C19H26N4O2. The predicted molar refractivity (Wildman–Crippen MR) is 93.1 cm³/mol. The van der Waals surface area contributed by atoms with Gasteiger partial charge in [-0.25, -0.2) is 9.97 Å². The highest BCUT2D eigenvalue weighted by Crippen LogP contribution is 2.41. The van der Waals surface area contributed by atoms with Gasteiger partial charge >= 0.3 is 0 Å². The summed E-state index contributed by atoms with van der Waals surface area (Å²) in [6.07, 6.45) is 8.80. The molecule has 1 aromatic heterocycles. The summed E-state index contributed by atoms with van der Waals surface area (Å²) >= 11 is 0. The maximum Gasteiger partial charge on any atom is 0.225 e. The minimum atomic E-state index is -0.147. The van der Waals surface area contributed by atoms with Crippen LogP contribution in [0.1, 0.15) is 49.8 Å². The third-order valence-electron chi connectivity index (χ3n) is 6.37. The Hall–Kier alpha value is -1.69. The van der Waals surface area contributed by atoms with E-state index in [9.17, 15) is 4.79 Å². The van der Waals surface area contributed by atoms with Crippen molar-refractivity contribution < 1.29 is 9.53 Å². The minimum Gasteiger partial charge on any atom is -0.376 e. The lowest BCUT2D eigenvalue weighted by Gasteiger charge is -2.35. The largest absolute Gasteiger partial charge is 0.376 e. The van der Waals surface area contributed by atoms with Crippen molar-refractivity contribution >= 4 is 11.9 Å². The summed E-state index contributed by atoms with van der Waals surface area (Å²) in [6, 6.07) is 0. The van der Waals surface area contributed by atoms with E-state index in [0.717, 1.165) is 62.0 Å². The van der Waals surface area contributed by atoms with Crippen molar-refractivity contribution in [1.82, 2.24) is 14.9 Å². The molecule has 0 aromatic carbocycles. The number of carbonyl (C=O) groups excluding carboxylic acids is 1. The summed E-state index contributed by atoms with van der Waals surface area (Å²) < 4.78 is 5.87. The SMILES string of the molecule is O=C(C1CCC1)N1CCC2(COCc3cnc(NCC4CC4)nc32)C1. The third kappa shape index (κ3) is 2.80. The summed E-state index contributed by atoms with van der Waals surface area (Å²) in [7, 11) is 0. The number of fused-ring (bicyclic) bond motifs is 2. The van der Waals surface area contributed by atoms with Crippen molar-refractivity contribution in [2.45, 2.75) is 50.5 Å². The van der Waals surface area contributed by atoms with Crippen molar-refractivity contribution in [1.29, 1.82) is 0 Å². The van der Waals surface area contributed by atoms with Gasteiger partial charge in [0.25, 0.3) is 0 Å². The summed E-state index contributed by atoms with van der Waals surface area (Å²) in [6.45, 7) is 3.78. The fraction of sp³-hybridized carbons (Fsp3) is 0.737. The third-order valence-corrected chi connectivity index (χ3v) is 6.37. The number of hydrogen-bond donors (Lipinski definition) is 1. The average Bonchev–Trinajstić information content (AvgIpc) is 3.31. The van der Waals surface area contributed by atoms with Crippen LogP contribution in [-0.2, 0) is 21.6 Å². The van der Waals surface area contributed by atoms with E-state index in [1.807, 2.05) is 6.20 Å². The number of carbonyl (C=O) groups is 1. The van der Waals surface area contributed by atoms with Crippen LogP contribution < -0.4 is 5.32 Å². The average molecular weight is 342 g/mol. The van der Waals surface area contributed by atoms with E-state index in [1.165, 1.54) is 19.3 Å². The molecular weight excluding hydrogens is 316 g/mol. The van der Waals surface area contributed by atoms with Gasteiger partial charge in [-0.3, -0.25) is 4.79 Å². The van der Waals surface area contributed by atoms with E-state index in [2.05, 4.69) is 15.2 Å². The molecule has 2 aliphatic carbocycles. The van der Waals surface area contributed by atoms with Crippen molar-refractivity contribution in [2.75, 3.05) is 31.6 Å². The van der Waals surface area contributed by atoms with E-state index in [-0.39, 0.29) is 11.3 Å². The molecule has 4 aliphatic rings. The molecule has 6 heteroatoms. The summed E-state index contributed by atoms with van der Waals surface area (Å²) in [4.78, 5) is 24.1. The number of amides is 1. The Balaban J connectivity index is 1.37. The van der Waals surface area contributed by atoms with Crippen LogP contribution in [0.3, 0.4) is 0 Å². The summed E-state index contributed by atoms with van der Waals surface area (Å²) in [5.41, 5.74) is 2.04. The molecule has 1 saturated heterocycles. The molecule has 1 N–H and O–H groups in total. The molecule has 1 unspecified atom stereocenters. The van der Waals surface area contributed by atoms with Crippen LogP contribution in [0.5, 0.6) is 0 Å². The highest BCUT2D eigenvalue weighted by atomic mass is 16.5. The Kier molecular flexibility index (Phi) is 3.69. The molecule has 1 spiro atoms. The molecule has 1 amide bonds. The fourth-order valence-electron chi connectivity index (χ4n) is 4.32. The lowest BCUT2D eigenvalue weighted by atomic mass is 9.80. The van der Waals surface area contributed by atoms with E-state index >= 15 is 0 Å². The van der Waals surface area contributed by atoms with Gasteiger partial charge in [-0.05, 0) is 38.0 Å². The Morgan fingerprint density at radius 1 is 1.36 bits per heavy atom. The summed E-state index contributed by atoms with van der Waals surface area (Å²) in [5, 5.41) is 3.39. The number of hydrogen-bond acceptors (Lipinski definition) is 5. The second-order valence-electron chi connectivity index (χ2n) is 8.30. The Morgan fingerprint density at radius 3 is 3.00 bits per heavy atom. The number of nitrogens with one attached hydrogen (secondary N) is 1. The molecule has 2 aliphatic heterocycles. The van der Waals surface area contributed by atoms with Gasteiger partial charge in [0.05, 0.1) is 24.3 Å². The van der Waals surface area contributed by atoms with Gasteiger partial charge in [0.15, 0.2) is 0 Å². The van der Waals surface area contributed by atoms with Crippen LogP contribution in [0.2, 0.25) is 0 Å². The van der Waals surface area contributed by atoms with Crippen LogP contribution in [0, 0.1) is 11.8 Å². The first-order chi connectivity index (χ1) is 12.2. The smallest absolute Gasteiger partial charge is 0.225 e. The van der Waals surface area contributed by atoms with E-state index in [1.54, 1.807) is 0 Å². The molecule has 6 nitrogen and oxygen atoms in total. The van der Waals surface area contributed by atoms with Crippen LogP contribution in [0.15, 0.2) is 6.20 Å². The zero-order chi connectivity index (χ0) is 16.9. The van der Waals surface area contributed by atoms with Crippen molar-refractivity contribution in [3.05, 3.63) is 17.5 Å². The van der Waals surface area contributed by atoms with Crippen LogP contribution >= 0.6 is 0 Å². The molecule has 134 valence electrons. The molecule has 0 radical (unpaired) electrons. The molecule has 1 aromatic rings. The zero-order valence-corrected chi connectivity index (χ0v) is 14.7. The van der Waals surface area contributed by atoms with Crippen molar-refractivity contribution in [3.63, 3.8) is 0 Å². The van der Waals surface area contributed by atoms with E-state index in [4.69, 9.17) is 9.72 Å². The zero-order valence-electron chi connectivity index (χ0n) is 14.7. The minimum absolute atomic E-state index is 0.147. The molecule has 0 bridgehead atoms. The number of nitrogens with zero attached hydrogens (tertiary/aromatic N) is 3. The Morgan fingerprint density at radius 2 is 2.24 bits per heavy atom. The fourth-order valence-corrected chi connectivity index (χ4v) is 4.32. The molecule has 3 fully saturated rings. The molecule has 5 rings (SSSR count). The number of likely N-dealkylation sites (tertiary alicyclic amines) is 1. The number of anilines is 1. The Bertz CT molecular complexity index is 686. The first kappa shape index (κ1) is 15.6. The predicted octanol–water partition coefficient (Wildman–Crippen LogP) is 2.10. The van der Waals surface area contributed by atoms with Gasteiger partial charge < -0.3 is 15.0 Å². The highest BCUT2D eigenvalue weighted by molar-refractivity contribution is 5.80. The van der Waals surface area contributed by atoms with Gasteiger partial charge in [0, 0.05) is 37.3 Å². The Labute approximate surface area is 148 Å². The lowest BCUT2D eigenvalue weighted by molar-refractivity contribution is -0.137. The standard InChI is InChI=1S/C19H26N4O2/c24-17(14-2-1-3-14)23-7-6-19(11-23)12-25-10-15-9-21-18(22-16(15)19)20-8-13-4-5-13/h9,13-14H,1-8,10-12H2,(H,20,21,22). The lowest BCUT2D eigenvalue weighted by Crippen LogP contribution is -2.43. The van der Waals surface area contributed by atoms with Crippen LogP contribution in [0.25, 0.3) is 0 Å². The normalized spacial score (nSPS) is 28.7. The molecule has 2 saturated carbocycles. The van der Waals surface area contributed by atoms with E-state index < -0.39 is 0 Å². The van der Waals surface area contributed by atoms with E-state index in [0.29, 0.717) is 19.1 Å². The molecule has 1 atom stereocenters. The van der Waals surface area contributed by atoms with Crippen LogP contribution in [0.4, 0.5) is 5.95 Å². The van der Waals surface area contributed by atoms with Gasteiger partial charge in [-0.1, -0.05) is 6.42 Å². The summed E-state index contributed by atoms with van der Waals surface area (Å²) in [5.74, 6) is 2.13. The number of rotatable bonds is 4. The molecule has 25 heavy (non-hydrogen) atoms.